The predicted molar refractivity (Wildman–Crippen MR) is 112 cm³/mol. The van der Waals surface area contributed by atoms with Crippen molar-refractivity contribution in [3.8, 4) is 0 Å². The Balaban J connectivity index is 2.04. The summed E-state index contributed by atoms with van der Waals surface area (Å²) >= 11 is 0. The fourth-order valence-electron chi connectivity index (χ4n) is 3.91. The maximum absolute atomic E-state index is 12.9. The Morgan fingerprint density at radius 3 is 2.29 bits per heavy atom. The number of nitrogens with zero attached hydrogens (tertiary/aromatic N) is 4. The van der Waals surface area contributed by atoms with Crippen LogP contribution in [0.3, 0.4) is 0 Å². The van der Waals surface area contributed by atoms with E-state index in [9.17, 15) is 13.2 Å². The van der Waals surface area contributed by atoms with Crippen LogP contribution in [-0.2, 0) is 17.1 Å². The number of amides is 1. The van der Waals surface area contributed by atoms with Gasteiger partial charge in [0.15, 0.2) is 0 Å². The summed E-state index contributed by atoms with van der Waals surface area (Å²) in [5.41, 5.74) is 0.397. The molecule has 0 saturated heterocycles. The van der Waals surface area contributed by atoms with Crippen molar-refractivity contribution in [2.45, 2.75) is 56.9 Å². The normalized spacial score (nSPS) is 16.1. The lowest BCUT2D eigenvalue weighted by Gasteiger charge is -2.32. The Bertz CT molecular complexity index is 750. The van der Waals surface area contributed by atoms with Gasteiger partial charge in [-0.1, -0.05) is 33.1 Å². The van der Waals surface area contributed by atoms with E-state index in [0.717, 1.165) is 6.54 Å². The van der Waals surface area contributed by atoms with Crippen LogP contribution >= 0.6 is 0 Å². The minimum Gasteiger partial charge on any atom is -0.345 e. The number of rotatable bonds is 9. The maximum atomic E-state index is 12.9. The van der Waals surface area contributed by atoms with E-state index in [1.165, 1.54) is 48.7 Å². The summed E-state index contributed by atoms with van der Waals surface area (Å²) in [5.74, 6) is -0.152. The van der Waals surface area contributed by atoms with Gasteiger partial charge in [-0.3, -0.25) is 4.79 Å². The molecule has 2 rings (SSSR count). The summed E-state index contributed by atoms with van der Waals surface area (Å²) in [7, 11) is 2.06. The Morgan fingerprint density at radius 2 is 1.71 bits per heavy atom. The molecule has 1 aromatic rings. The average Bonchev–Trinajstić information content (AvgIpc) is 3.09. The fraction of sp³-hybridized carbons (Fsp3) is 0.750. The highest BCUT2D eigenvalue weighted by Crippen LogP contribution is 2.22. The Morgan fingerprint density at radius 1 is 1.11 bits per heavy atom. The third-order valence-corrected chi connectivity index (χ3v) is 7.89. The van der Waals surface area contributed by atoms with Gasteiger partial charge in [-0.15, -0.1) is 0 Å². The van der Waals surface area contributed by atoms with E-state index < -0.39 is 10.0 Å². The highest BCUT2D eigenvalue weighted by Gasteiger charge is 2.26. The van der Waals surface area contributed by atoms with Crippen LogP contribution in [0.15, 0.2) is 17.2 Å². The Hall–Kier alpha value is -1.38. The number of sulfonamides is 1. The third kappa shape index (κ3) is 5.15. The number of hydrogen-bond acceptors (Lipinski definition) is 4. The first-order valence-corrected chi connectivity index (χ1v) is 11.8. The van der Waals surface area contributed by atoms with Crippen LogP contribution in [-0.4, -0.2) is 79.3 Å². The molecule has 1 aliphatic carbocycles. The predicted octanol–water partition coefficient (Wildman–Crippen LogP) is 2.39. The van der Waals surface area contributed by atoms with E-state index >= 15 is 0 Å². The Kier molecular flexibility index (Phi) is 8.09. The van der Waals surface area contributed by atoms with E-state index in [2.05, 4.69) is 11.9 Å². The van der Waals surface area contributed by atoms with Gasteiger partial charge >= 0.3 is 0 Å². The molecule has 160 valence electrons. The third-order valence-electron chi connectivity index (χ3n) is 5.88. The average molecular weight is 413 g/mol. The van der Waals surface area contributed by atoms with Gasteiger partial charge in [0.1, 0.15) is 10.6 Å². The molecular formula is C20H36N4O3S. The first kappa shape index (κ1) is 22.9. The van der Waals surface area contributed by atoms with Crippen LogP contribution in [0.25, 0.3) is 0 Å². The summed E-state index contributed by atoms with van der Waals surface area (Å²) in [6.07, 6.45) is 7.91. The van der Waals surface area contributed by atoms with Gasteiger partial charge in [0.2, 0.25) is 10.0 Å². The van der Waals surface area contributed by atoms with Gasteiger partial charge in [-0.25, -0.2) is 8.42 Å². The number of hydrogen-bond donors (Lipinski definition) is 0. The fourth-order valence-corrected chi connectivity index (χ4v) is 5.44. The molecule has 1 heterocycles. The minimum absolute atomic E-state index is 0.152. The standard InChI is InChI=1S/C20H36N4O3S/c1-6-24(7-2)28(26,27)18-15-19(23(5)16-18)20(25)22(4)14-13-21(3)17-11-9-8-10-12-17/h15-17H,6-14H2,1-5H3. The lowest BCUT2D eigenvalue weighted by molar-refractivity contribution is 0.0758. The zero-order chi connectivity index (χ0) is 20.9. The molecule has 1 amide bonds. The van der Waals surface area contributed by atoms with E-state index in [-0.39, 0.29) is 10.8 Å². The van der Waals surface area contributed by atoms with E-state index in [0.29, 0.717) is 31.4 Å². The molecule has 7 nitrogen and oxygen atoms in total. The maximum Gasteiger partial charge on any atom is 0.270 e. The van der Waals surface area contributed by atoms with Gasteiger partial charge in [0.05, 0.1) is 0 Å². The second-order valence-electron chi connectivity index (χ2n) is 7.76. The van der Waals surface area contributed by atoms with Crippen LogP contribution in [0, 0.1) is 0 Å². The first-order chi connectivity index (χ1) is 13.2. The van der Waals surface area contributed by atoms with Crippen molar-refractivity contribution in [2.75, 3.05) is 40.3 Å². The highest BCUT2D eigenvalue weighted by atomic mass is 32.2. The number of aryl methyl sites for hydroxylation is 1. The summed E-state index contributed by atoms with van der Waals surface area (Å²) in [5, 5.41) is 0. The summed E-state index contributed by atoms with van der Waals surface area (Å²) < 4.78 is 28.5. The molecule has 0 bridgehead atoms. The molecule has 0 aliphatic heterocycles. The molecule has 8 heteroatoms. The van der Waals surface area contributed by atoms with Crippen molar-refractivity contribution in [1.29, 1.82) is 0 Å². The van der Waals surface area contributed by atoms with Crippen LogP contribution < -0.4 is 0 Å². The van der Waals surface area contributed by atoms with Crippen molar-refractivity contribution in [2.24, 2.45) is 7.05 Å². The molecule has 1 fully saturated rings. The van der Waals surface area contributed by atoms with Crippen molar-refractivity contribution < 1.29 is 13.2 Å². The van der Waals surface area contributed by atoms with Crippen molar-refractivity contribution >= 4 is 15.9 Å². The van der Waals surface area contributed by atoms with E-state index in [1.807, 2.05) is 13.8 Å². The Labute approximate surface area is 170 Å². The second-order valence-corrected chi connectivity index (χ2v) is 9.70. The van der Waals surface area contributed by atoms with Gasteiger partial charge in [-0.2, -0.15) is 4.31 Å². The van der Waals surface area contributed by atoms with Gasteiger partial charge in [0, 0.05) is 52.5 Å². The molecule has 1 aliphatic rings. The molecule has 1 saturated carbocycles. The van der Waals surface area contributed by atoms with Crippen LogP contribution in [0.4, 0.5) is 0 Å². The van der Waals surface area contributed by atoms with Gasteiger partial charge in [0.25, 0.3) is 5.91 Å². The van der Waals surface area contributed by atoms with E-state index in [4.69, 9.17) is 0 Å². The zero-order valence-corrected chi connectivity index (χ0v) is 18.8. The lowest BCUT2D eigenvalue weighted by atomic mass is 9.94. The molecule has 1 aromatic heterocycles. The van der Waals surface area contributed by atoms with Crippen LogP contribution in [0.1, 0.15) is 56.4 Å². The number of likely N-dealkylation sites (N-methyl/N-ethyl adjacent to an activating group) is 2. The van der Waals surface area contributed by atoms with Gasteiger partial charge in [-0.05, 0) is 26.0 Å². The highest BCUT2D eigenvalue weighted by molar-refractivity contribution is 7.89. The molecule has 28 heavy (non-hydrogen) atoms. The number of carbonyl (C=O) groups excluding carboxylic acids is 1. The molecular weight excluding hydrogens is 376 g/mol. The summed E-state index contributed by atoms with van der Waals surface area (Å²) in [6, 6.07) is 2.11. The zero-order valence-electron chi connectivity index (χ0n) is 18.0. The number of aromatic nitrogens is 1. The largest absolute Gasteiger partial charge is 0.345 e. The molecule has 0 atom stereocenters. The first-order valence-electron chi connectivity index (χ1n) is 10.3. The quantitative estimate of drug-likeness (QED) is 0.625. The van der Waals surface area contributed by atoms with E-state index in [1.54, 1.807) is 23.6 Å². The number of carbonyl (C=O) groups is 1. The summed E-state index contributed by atoms with van der Waals surface area (Å²) in [4.78, 5) is 17.1. The van der Waals surface area contributed by atoms with Gasteiger partial charge < -0.3 is 14.4 Å². The lowest BCUT2D eigenvalue weighted by Crippen LogP contribution is -2.40. The van der Waals surface area contributed by atoms with Crippen molar-refractivity contribution in [3.05, 3.63) is 18.0 Å². The molecule has 0 unspecified atom stereocenters. The summed E-state index contributed by atoms with van der Waals surface area (Å²) in [6.45, 7) is 5.88. The molecule has 0 N–H and O–H groups in total. The second kappa shape index (κ2) is 9.89. The van der Waals surface area contributed by atoms with Crippen molar-refractivity contribution in [3.63, 3.8) is 0 Å². The van der Waals surface area contributed by atoms with Crippen LogP contribution in [0.5, 0.6) is 0 Å². The van der Waals surface area contributed by atoms with Crippen LogP contribution in [0.2, 0.25) is 0 Å². The molecule has 0 spiro atoms. The molecule has 0 radical (unpaired) electrons. The van der Waals surface area contributed by atoms with Crippen molar-refractivity contribution in [1.82, 2.24) is 18.7 Å². The smallest absolute Gasteiger partial charge is 0.270 e. The SMILES string of the molecule is CCN(CC)S(=O)(=O)c1cc(C(=O)N(C)CCN(C)C2CCCCC2)n(C)c1. The minimum atomic E-state index is -3.57. The monoisotopic (exact) mass is 412 g/mol. The topological polar surface area (TPSA) is 65.9 Å². The molecule has 0 aromatic carbocycles.